The van der Waals surface area contributed by atoms with Crippen LogP contribution in [0.4, 0.5) is 13.2 Å². The number of amides is 1. The highest BCUT2D eigenvalue weighted by Crippen LogP contribution is 2.52. The van der Waals surface area contributed by atoms with Gasteiger partial charge in [-0.15, -0.1) is 0 Å². The third-order valence-corrected chi connectivity index (χ3v) is 4.87. The maximum Gasteiger partial charge on any atom is 0.406 e. The molecule has 2 N–H and O–H groups in total. The predicted molar refractivity (Wildman–Crippen MR) is 83.6 cm³/mol. The lowest BCUT2D eigenvalue weighted by Crippen LogP contribution is -2.68. The molecule has 2 fully saturated rings. The van der Waals surface area contributed by atoms with Gasteiger partial charge in [-0.25, -0.2) is 0 Å². The molecule has 2 rings (SSSR count). The lowest BCUT2D eigenvalue weighted by atomic mass is 9.57. The number of hydrogen-bond donors (Lipinski definition) is 2. The first kappa shape index (κ1) is 18.8. The Labute approximate surface area is 139 Å². The highest BCUT2D eigenvalue weighted by Gasteiger charge is 2.59. The van der Waals surface area contributed by atoms with E-state index in [1.165, 1.54) is 0 Å². The lowest BCUT2D eigenvalue weighted by molar-refractivity contribution is -0.157. The molecule has 2 aliphatic rings. The van der Waals surface area contributed by atoms with Crippen LogP contribution in [0.25, 0.3) is 0 Å². The average molecular weight is 350 g/mol. The molecule has 0 bridgehead atoms. The first-order valence-corrected chi connectivity index (χ1v) is 7.95. The summed E-state index contributed by atoms with van der Waals surface area (Å²) in [6.07, 6.45) is -3.22. The molecule has 3 unspecified atom stereocenters. The Kier molecular flexibility index (Phi) is 5.31. The summed E-state index contributed by atoms with van der Waals surface area (Å²) >= 11 is 0. The summed E-state index contributed by atoms with van der Waals surface area (Å²) in [6.45, 7) is 3.43. The van der Waals surface area contributed by atoms with Crippen molar-refractivity contribution in [2.75, 3.05) is 33.8 Å². The summed E-state index contributed by atoms with van der Waals surface area (Å²) in [5.74, 6) is 0.152. The molecule has 1 aliphatic carbocycles. The van der Waals surface area contributed by atoms with E-state index in [1.807, 2.05) is 0 Å². The Morgan fingerprint density at radius 2 is 2.08 bits per heavy atom. The fourth-order valence-corrected chi connectivity index (χ4v) is 3.61. The number of guanidine groups is 1. The Balaban J connectivity index is 1.84. The summed E-state index contributed by atoms with van der Waals surface area (Å²) in [5, 5.41) is 6.07. The van der Waals surface area contributed by atoms with Crippen LogP contribution >= 0.6 is 0 Å². The van der Waals surface area contributed by atoms with Gasteiger partial charge in [-0.2, -0.15) is 13.2 Å². The topological polar surface area (TPSA) is 66.0 Å². The molecule has 1 saturated heterocycles. The molecule has 6 nitrogen and oxygen atoms in total. The van der Waals surface area contributed by atoms with Gasteiger partial charge in [0.1, 0.15) is 6.54 Å². The van der Waals surface area contributed by atoms with E-state index < -0.39 is 18.6 Å². The van der Waals surface area contributed by atoms with Crippen molar-refractivity contribution in [3.05, 3.63) is 0 Å². The van der Waals surface area contributed by atoms with Crippen molar-refractivity contribution in [1.82, 2.24) is 15.5 Å². The van der Waals surface area contributed by atoms with E-state index in [0.29, 0.717) is 16.8 Å². The van der Waals surface area contributed by atoms with Crippen molar-refractivity contribution in [3.8, 4) is 0 Å². The minimum Gasteiger partial charge on any atom is -0.377 e. The largest absolute Gasteiger partial charge is 0.406 e. The minimum atomic E-state index is -4.40. The molecule has 0 aromatic carbocycles. The average Bonchev–Trinajstić information content (AvgIpc) is 2.92. The summed E-state index contributed by atoms with van der Waals surface area (Å²) in [6, 6.07) is 0.152. The number of halogens is 3. The van der Waals surface area contributed by atoms with E-state index in [2.05, 4.69) is 29.5 Å². The van der Waals surface area contributed by atoms with E-state index in [4.69, 9.17) is 4.74 Å². The monoisotopic (exact) mass is 350 g/mol. The van der Waals surface area contributed by atoms with Crippen LogP contribution in [0, 0.1) is 11.3 Å². The van der Waals surface area contributed by atoms with E-state index in [0.717, 1.165) is 20.1 Å². The molecular formula is C15H25F3N4O2. The number of rotatable bonds is 4. The molecular weight excluding hydrogens is 325 g/mol. The van der Waals surface area contributed by atoms with Gasteiger partial charge in [-0.3, -0.25) is 9.79 Å². The van der Waals surface area contributed by atoms with Gasteiger partial charge in [0.15, 0.2) is 5.96 Å². The number of nitrogens with zero attached hydrogens (tertiary/aromatic N) is 2. The third-order valence-electron chi connectivity index (χ3n) is 4.87. The molecule has 3 atom stereocenters. The second-order valence-corrected chi connectivity index (χ2v) is 6.98. The van der Waals surface area contributed by atoms with Crippen LogP contribution in [0.1, 0.15) is 20.3 Å². The van der Waals surface area contributed by atoms with Gasteiger partial charge < -0.3 is 20.3 Å². The van der Waals surface area contributed by atoms with Crippen LogP contribution in [0.2, 0.25) is 0 Å². The third kappa shape index (κ3) is 3.93. The molecule has 138 valence electrons. The predicted octanol–water partition coefficient (Wildman–Crippen LogP) is 0.986. The number of ether oxygens (including phenoxy) is 1. The van der Waals surface area contributed by atoms with Crippen LogP contribution < -0.4 is 10.6 Å². The highest BCUT2D eigenvalue weighted by atomic mass is 19.4. The van der Waals surface area contributed by atoms with Crippen LogP contribution in [0.5, 0.6) is 0 Å². The normalized spacial score (nSPS) is 28.8. The van der Waals surface area contributed by atoms with Gasteiger partial charge in [-0.05, 0) is 6.42 Å². The summed E-state index contributed by atoms with van der Waals surface area (Å²) < 4.78 is 42.6. The molecule has 1 aliphatic heterocycles. The van der Waals surface area contributed by atoms with E-state index in [-0.39, 0.29) is 24.1 Å². The van der Waals surface area contributed by atoms with Gasteiger partial charge in [0.2, 0.25) is 5.91 Å². The Morgan fingerprint density at radius 3 is 2.67 bits per heavy atom. The molecule has 24 heavy (non-hydrogen) atoms. The van der Waals surface area contributed by atoms with E-state index in [1.54, 1.807) is 7.05 Å². The molecule has 0 aromatic rings. The number of fused-ring (bicyclic) bond motifs is 1. The Hall–Kier alpha value is -1.51. The van der Waals surface area contributed by atoms with Crippen molar-refractivity contribution in [1.29, 1.82) is 0 Å². The van der Waals surface area contributed by atoms with E-state index in [9.17, 15) is 18.0 Å². The van der Waals surface area contributed by atoms with Crippen molar-refractivity contribution >= 4 is 11.9 Å². The first-order chi connectivity index (χ1) is 11.1. The van der Waals surface area contributed by atoms with Crippen molar-refractivity contribution in [3.63, 3.8) is 0 Å². The molecule has 0 radical (unpaired) electrons. The molecule has 1 heterocycles. The van der Waals surface area contributed by atoms with Gasteiger partial charge >= 0.3 is 6.18 Å². The van der Waals surface area contributed by atoms with Crippen molar-refractivity contribution in [2.45, 2.75) is 38.6 Å². The number of nitrogens with one attached hydrogen (secondary N) is 2. The van der Waals surface area contributed by atoms with Gasteiger partial charge in [0.25, 0.3) is 0 Å². The smallest absolute Gasteiger partial charge is 0.377 e. The zero-order valence-electron chi connectivity index (χ0n) is 14.4. The number of carbonyl (C=O) groups excluding carboxylic acids is 1. The molecule has 0 aromatic heterocycles. The fourth-order valence-electron chi connectivity index (χ4n) is 3.61. The number of alkyl halides is 3. The minimum absolute atomic E-state index is 0.0597. The molecule has 0 spiro atoms. The lowest BCUT2D eigenvalue weighted by Gasteiger charge is -2.54. The second kappa shape index (κ2) is 6.78. The standard InChI is InChI=1S/C15H25F3N4O2/c1-14(2)11(9-5-6-24-12(9)14)21-13(19-3)20-7-10(23)22(4)8-15(16,17)18/h9,11-12H,5-8H2,1-4H3,(H2,19,20,21). The number of hydrogen-bond acceptors (Lipinski definition) is 3. The van der Waals surface area contributed by atoms with Crippen molar-refractivity contribution < 1.29 is 22.7 Å². The zero-order chi connectivity index (χ0) is 18.1. The summed E-state index contributed by atoms with van der Waals surface area (Å²) in [7, 11) is 2.69. The highest BCUT2D eigenvalue weighted by molar-refractivity contribution is 5.86. The number of aliphatic imine (C=N–C) groups is 1. The second-order valence-electron chi connectivity index (χ2n) is 6.98. The van der Waals surface area contributed by atoms with Crippen LogP contribution in [0.15, 0.2) is 4.99 Å². The number of carbonyl (C=O) groups is 1. The van der Waals surface area contributed by atoms with Crippen molar-refractivity contribution in [2.24, 2.45) is 16.3 Å². The zero-order valence-corrected chi connectivity index (χ0v) is 14.4. The van der Waals surface area contributed by atoms with Gasteiger partial charge in [0.05, 0.1) is 12.6 Å². The van der Waals surface area contributed by atoms with Gasteiger partial charge in [-0.1, -0.05) is 13.8 Å². The SMILES string of the molecule is CN=C(NCC(=O)N(C)CC(F)(F)F)NC1C2CCOC2C1(C)C. The maximum atomic E-state index is 12.3. The van der Waals surface area contributed by atoms with Crippen LogP contribution in [-0.4, -0.2) is 68.9 Å². The molecule has 1 amide bonds. The Bertz CT molecular complexity index is 507. The quantitative estimate of drug-likeness (QED) is 0.586. The summed E-state index contributed by atoms with van der Waals surface area (Å²) in [5.41, 5.74) is -0.0597. The fraction of sp³-hybridized carbons (Fsp3) is 0.867. The van der Waals surface area contributed by atoms with E-state index >= 15 is 0 Å². The maximum absolute atomic E-state index is 12.3. The Morgan fingerprint density at radius 1 is 1.42 bits per heavy atom. The molecule has 9 heteroatoms. The first-order valence-electron chi connectivity index (χ1n) is 7.95. The number of likely N-dealkylation sites (N-methyl/N-ethyl adjacent to an activating group) is 1. The van der Waals surface area contributed by atoms with Crippen LogP contribution in [0.3, 0.4) is 0 Å². The summed E-state index contributed by atoms with van der Waals surface area (Å²) in [4.78, 5) is 16.5. The van der Waals surface area contributed by atoms with Crippen LogP contribution in [-0.2, 0) is 9.53 Å². The molecule has 1 saturated carbocycles. The van der Waals surface area contributed by atoms with Gasteiger partial charge in [0, 0.05) is 38.1 Å².